The number of H-pyrrole nitrogens is 1. The fourth-order valence-electron chi connectivity index (χ4n) is 4.87. The Hall–Kier alpha value is -4.97. The van der Waals surface area contributed by atoms with Crippen molar-refractivity contribution >= 4 is 38.1 Å². The van der Waals surface area contributed by atoms with Crippen LogP contribution in [0.1, 0.15) is 24.4 Å². The molecule has 0 fully saturated rings. The Morgan fingerprint density at radius 3 is 2.60 bits per heavy atom. The van der Waals surface area contributed by atoms with E-state index in [-0.39, 0.29) is 5.56 Å². The predicted octanol–water partition coefficient (Wildman–Crippen LogP) is 4.28. The predicted molar refractivity (Wildman–Crippen MR) is 155 cm³/mol. The Morgan fingerprint density at radius 2 is 1.82 bits per heavy atom. The molecule has 6 rings (SSSR count). The van der Waals surface area contributed by atoms with Crippen LogP contribution in [0, 0.1) is 6.92 Å². The number of hydrogen-bond acceptors (Lipinski definition) is 7. The van der Waals surface area contributed by atoms with Gasteiger partial charge in [-0.3, -0.25) is 14.1 Å². The summed E-state index contributed by atoms with van der Waals surface area (Å²) in [5.74, 6) is 1.04. The van der Waals surface area contributed by atoms with Gasteiger partial charge in [0.2, 0.25) is 10.0 Å². The van der Waals surface area contributed by atoms with Gasteiger partial charge in [-0.2, -0.15) is 5.10 Å². The van der Waals surface area contributed by atoms with E-state index in [0.717, 1.165) is 28.3 Å². The average Bonchev–Trinajstić information content (AvgIpc) is 3.53. The van der Waals surface area contributed by atoms with Crippen molar-refractivity contribution in [1.29, 1.82) is 0 Å². The summed E-state index contributed by atoms with van der Waals surface area (Å²) in [5.41, 5.74) is 4.50. The first-order valence-corrected chi connectivity index (χ1v) is 14.4. The van der Waals surface area contributed by atoms with Gasteiger partial charge in [0.05, 0.1) is 23.4 Å². The highest BCUT2D eigenvalue weighted by Crippen LogP contribution is 2.34. The van der Waals surface area contributed by atoms with Gasteiger partial charge in [-0.15, -0.1) is 0 Å². The number of hydrogen-bond donors (Lipinski definition) is 3. The molecule has 1 atom stereocenters. The molecule has 0 spiro atoms. The molecule has 3 N–H and O–H groups in total. The van der Waals surface area contributed by atoms with Crippen molar-refractivity contribution in [3.05, 3.63) is 101 Å². The summed E-state index contributed by atoms with van der Waals surface area (Å²) in [6, 6.07) is 17.9. The molecular formula is C28H26N8O3S. The highest BCUT2D eigenvalue weighted by molar-refractivity contribution is 7.92. The first kappa shape index (κ1) is 25.3. The third-order valence-electron chi connectivity index (χ3n) is 6.61. The number of rotatable bonds is 7. The molecule has 0 unspecified atom stereocenters. The molecule has 202 valence electrons. The normalized spacial score (nSPS) is 12.6. The number of nitrogens with one attached hydrogen (secondary N) is 3. The highest BCUT2D eigenvalue weighted by Gasteiger charge is 2.22. The Kier molecular flexibility index (Phi) is 6.11. The summed E-state index contributed by atoms with van der Waals surface area (Å²) in [6.45, 7) is 3.81. The summed E-state index contributed by atoms with van der Waals surface area (Å²) in [5, 5.41) is 8.98. The number of nitrogens with zero attached hydrogens (tertiary/aromatic N) is 5. The topological polar surface area (TPSA) is 139 Å². The van der Waals surface area contributed by atoms with Crippen LogP contribution in [0.5, 0.6) is 0 Å². The van der Waals surface area contributed by atoms with E-state index in [1.54, 1.807) is 33.5 Å². The molecule has 0 radical (unpaired) electrons. The summed E-state index contributed by atoms with van der Waals surface area (Å²) in [7, 11) is -3.44. The second-order valence-electron chi connectivity index (χ2n) is 9.60. The number of fused-ring (bicyclic) bond motifs is 2. The Balaban J connectivity index is 1.46. The third-order valence-corrected chi connectivity index (χ3v) is 7.22. The van der Waals surface area contributed by atoms with E-state index in [2.05, 4.69) is 25.0 Å². The van der Waals surface area contributed by atoms with Crippen LogP contribution in [-0.4, -0.2) is 43.8 Å². The van der Waals surface area contributed by atoms with E-state index in [1.807, 2.05) is 62.5 Å². The molecule has 0 aliphatic carbocycles. The van der Waals surface area contributed by atoms with Crippen LogP contribution in [0.4, 0.5) is 11.5 Å². The Morgan fingerprint density at radius 1 is 1.02 bits per heavy atom. The van der Waals surface area contributed by atoms with Gasteiger partial charge in [0, 0.05) is 23.6 Å². The van der Waals surface area contributed by atoms with Gasteiger partial charge < -0.3 is 10.3 Å². The van der Waals surface area contributed by atoms with Crippen LogP contribution in [0.2, 0.25) is 0 Å². The van der Waals surface area contributed by atoms with Crippen molar-refractivity contribution in [2.75, 3.05) is 16.3 Å². The first-order chi connectivity index (χ1) is 19.2. The smallest absolute Gasteiger partial charge is 0.282 e. The zero-order valence-corrected chi connectivity index (χ0v) is 22.8. The second-order valence-corrected chi connectivity index (χ2v) is 11.3. The van der Waals surface area contributed by atoms with Crippen LogP contribution in [0.3, 0.4) is 0 Å². The van der Waals surface area contributed by atoms with Crippen LogP contribution in [0.15, 0.2) is 84.2 Å². The van der Waals surface area contributed by atoms with Gasteiger partial charge in [0.1, 0.15) is 23.3 Å². The van der Waals surface area contributed by atoms with E-state index < -0.39 is 16.1 Å². The lowest BCUT2D eigenvalue weighted by atomic mass is 10.1. The number of aromatic nitrogens is 6. The summed E-state index contributed by atoms with van der Waals surface area (Å²) in [4.78, 5) is 25.8. The minimum atomic E-state index is -3.44. The van der Waals surface area contributed by atoms with E-state index in [0.29, 0.717) is 34.2 Å². The molecule has 40 heavy (non-hydrogen) atoms. The van der Waals surface area contributed by atoms with Crippen LogP contribution >= 0.6 is 0 Å². The van der Waals surface area contributed by atoms with Gasteiger partial charge in [0.15, 0.2) is 5.82 Å². The molecule has 4 heterocycles. The molecule has 0 saturated carbocycles. The molecule has 12 heteroatoms. The molecule has 0 aliphatic rings. The average molecular weight is 555 g/mol. The largest absolute Gasteiger partial charge is 0.360 e. The third kappa shape index (κ3) is 4.58. The quantitative estimate of drug-likeness (QED) is 0.268. The van der Waals surface area contributed by atoms with Gasteiger partial charge in [-0.05, 0) is 55.3 Å². The molecular weight excluding hydrogens is 528 g/mol. The summed E-state index contributed by atoms with van der Waals surface area (Å²) < 4.78 is 29.3. The maximum absolute atomic E-state index is 13.7. The number of aromatic amines is 1. The Bertz CT molecular complexity index is 2050. The standard InChI is InChI=1S/C28H26N8O3S/c1-17-12-13-35-24(17)28(37)36(21-10-5-4-6-11-21)27(33-35)18(2)32-26-23-22(15-29-25(23)30-16-31-26)19-8-7-9-20(14-19)34-40(3,38)39/h4-16,18,34H,1-3H3,(H2,29,30,31,32)/t18-/m0/s1. The second kappa shape index (κ2) is 9.65. The van der Waals surface area contributed by atoms with Crippen molar-refractivity contribution in [2.24, 2.45) is 0 Å². The SMILES string of the molecule is Cc1ccn2nc([C@H](C)Nc3ncnc4[nH]cc(-c5cccc(NS(C)(=O)=O)c5)c34)n(-c3ccccc3)c(=O)c12. The summed E-state index contributed by atoms with van der Waals surface area (Å²) in [6.07, 6.45) is 6.15. The molecule has 4 aromatic heterocycles. The van der Waals surface area contributed by atoms with Crippen LogP contribution < -0.4 is 15.6 Å². The molecule has 0 amide bonds. The van der Waals surface area contributed by atoms with Crippen molar-refractivity contribution in [3.63, 3.8) is 0 Å². The fourth-order valence-corrected chi connectivity index (χ4v) is 5.43. The molecule has 0 saturated heterocycles. The van der Waals surface area contributed by atoms with E-state index in [4.69, 9.17) is 5.10 Å². The van der Waals surface area contributed by atoms with Crippen molar-refractivity contribution in [2.45, 2.75) is 19.9 Å². The lowest BCUT2D eigenvalue weighted by Crippen LogP contribution is -2.29. The highest BCUT2D eigenvalue weighted by atomic mass is 32.2. The van der Waals surface area contributed by atoms with Crippen LogP contribution in [0.25, 0.3) is 33.4 Å². The molecule has 6 aromatic rings. The van der Waals surface area contributed by atoms with Crippen molar-refractivity contribution in [1.82, 2.24) is 29.1 Å². The van der Waals surface area contributed by atoms with Gasteiger partial charge in [-0.25, -0.2) is 22.9 Å². The number of benzene rings is 2. The lowest BCUT2D eigenvalue weighted by Gasteiger charge is -2.20. The minimum absolute atomic E-state index is 0.169. The van der Waals surface area contributed by atoms with E-state index in [1.165, 1.54) is 6.33 Å². The van der Waals surface area contributed by atoms with Crippen molar-refractivity contribution in [3.8, 4) is 16.8 Å². The maximum Gasteiger partial charge on any atom is 0.282 e. The van der Waals surface area contributed by atoms with Crippen LogP contribution in [-0.2, 0) is 10.0 Å². The van der Waals surface area contributed by atoms with Gasteiger partial charge in [0.25, 0.3) is 5.56 Å². The van der Waals surface area contributed by atoms with E-state index >= 15 is 0 Å². The van der Waals surface area contributed by atoms with Gasteiger partial charge in [-0.1, -0.05) is 30.3 Å². The monoisotopic (exact) mass is 554 g/mol. The first-order valence-electron chi connectivity index (χ1n) is 12.5. The minimum Gasteiger partial charge on any atom is -0.360 e. The van der Waals surface area contributed by atoms with Crippen molar-refractivity contribution < 1.29 is 8.42 Å². The Labute approximate surface area is 229 Å². The zero-order valence-electron chi connectivity index (χ0n) is 22.0. The summed E-state index contributed by atoms with van der Waals surface area (Å²) >= 11 is 0. The van der Waals surface area contributed by atoms with E-state index in [9.17, 15) is 13.2 Å². The maximum atomic E-state index is 13.7. The number of aryl methyl sites for hydroxylation is 1. The number of sulfonamides is 1. The molecule has 0 bridgehead atoms. The zero-order chi connectivity index (χ0) is 28.0. The van der Waals surface area contributed by atoms with Gasteiger partial charge >= 0.3 is 0 Å². The number of para-hydroxylation sites is 1. The molecule has 0 aliphatic heterocycles. The number of anilines is 2. The lowest BCUT2D eigenvalue weighted by molar-refractivity contribution is 0.607. The molecule has 2 aromatic carbocycles. The molecule has 11 nitrogen and oxygen atoms in total. The fraction of sp³-hybridized carbons (Fsp3) is 0.143.